The van der Waals surface area contributed by atoms with E-state index in [2.05, 4.69) is 56.3 Å². The Kier molecular flexibility index (Phi) is 6.47. The molecule has 8 heteroatoms. The molecule has 0 saturated carbocycles. The SMILES string of the molecule is C=C/C(=C\C(=C/C)c1ccc2[nH]nc(-c3cc4c([nH]3)C=CNC4c3ccc(Cl)s3)c2n1)CN(C)C. The Bertz CT molecular complexity index is 1480. The largest absolute Gasteiger partial charge is 0.379 e. The standard InChI is InChI=1S/C27H27ClN6S/c1-5-16(15-34(3)4)13-17(6-2)19-7-8-21-26(31-19)27(33-32-21)22-14-18-20(30-22)11-12-29-25(18)23-9-10-24(28)35-23/h5-14,25,29-30H,1,15H2,2-4H3,(H,32,33)/b16-13+,17-6+. The smallest absolute Gasteiger partial charge is 0.135 e. The van der Waals surface area contributed by atoms with Crippen LogP contribution in [0.15, 0.2) is 66.9 Å². The number of nitrogens with one attached hydrogen (secondary N) is 3. The fourth-order valence-corrected chi connectivity index (χ4v) is 5.45. The lowest BCUT2D eigenvalue weighted by Crippen LogP contribution is -2.18. The summed E-state index contributed by atoms with van der Waals surface area (Å²) in [5.41, 5.74) is 8.72. The molecule has 0 aromatic carbocycles. The molecule has 5 heterocycles. The highest BCUT2D eigenvalue weighted by molar-refractivity contribution is 7.16. The molecule has 1 unspecified atom stereocenters. The van der Waals surface area contributed by atoms with E-state index in [0.717, 1.165) is 61.4 Å². The van der Waals surface area contributed by atoms with E-state index in [1.807, 2.05) is 57.6 Å². The van der Waals surface area contributed by atoms with Crippen LogP contribution in [0.2, 0.25) is 4.34 Å². The third-order valence-corrected chi connectivity index (χ3v) is 7.25. The van der Waals surface area contributed by atoms with Gasteiger partial charge in [0, 0.05) is 22.7 Å². The van der Waals surface area contributed by atoms with Crippen LogP contribution in [0, 0.1) is 0 Å². The fourth-order valence-electron chi connectivity index (χ4n) is 4.31. The molecule has 3 N–H and O–H groups in total. The normalized spacial score (nSPS) is 16.1. The first kappa shape index (κ1) is 23.4. The van der Waals surface area contributed by atoms with Crippen LogP contribution < -0.4 is 5.32 Å². The lowest BCUT2D eigenvalue weighted by Gasteiger charge is -2.19. The molecular weight excluding hydrogens is 476 g/mol. The molecule has 6 nitrogen and oxygen atoms in total. The van der Waals surface area contributed by atoms with Gasteiger partial charge in [-0.05, 0) is 80.8 Å². The molecule has 0 amide bonds. The lowest BCUT2D eigenvalue weighted by atomic mass is 10.0. The summed E-state index contributed by atoms with van der Waals surface area (Å²) in [4.78, 5) is 11.8. The summed E-state index contributed by atoms with van der Waals surface area (Å²) in [7, 11) is 4.10. The molecule has 1 aliphatic heterocycles. The van der Waals surface area contributed by atoms with Crippen LogP contribution in [0.1, 0.15) is 34.8 Å². The zero-order valence-corrected chi connectivity index (χ0v) is 21.5. The van der Waals surface area contributed by atoms with Crippen molar-refractivity contribution in [1.29, 1.82) is 0 Å². The van der Waals surface area contributed by atoms with Crippen LogP contribution in [0.5, 0.6) is 0 Å². The number of aromatic amines is 2. The third kappa shape index (κ3) is 4.62. The van der Waals surface area contributed by atoms with Gasteiger partial charge in [-0.3, -0.25) is 5.10 Å². The number of aromatic nitrogens is 4. The van der Waals surface area contributed by atoms with Gasteiger partial charge in [0.25, 0.3) is 0 Å². The van der Waals surface area contributed by atoms with Gasteiger partial charge in [0.05, 0.1) is 27.3 Å². The second-order valence-electron chi connectivity index (χ2n) is 8.70. The summed E-state index contributed by atoms with van der Waals surface area (Å²) in [6, 6.07) is 10.3. The predicted molar refractivity (Wildman–Crippen MR) is 148 cm³/mol. The van der Waals surface area contributed by atoms with Crippen molar-refractivity contribution in [2.75, 3.05) is 20.6 Å². The molecule has 1 atom stereocenters. The van der Waals surface area contributed by atoms with Crippen molar-refractivity contribution >= 4 is 45.6 Å². The number of thiophene rings is 1. The Hall–Kier alpha value is -3.39. The second kappa shape index (κ2) is 9.70. The number of hydrogen-bond donors (Lipinski definition) is 3. The number of hydrogen-bond acceptors (Lipinski definition) is 5. The maximum Gasteiger partial charge on any atom is 0.135 e. The highest BCUT2D eigenvalue weighted by atomic mass is 35.5. The highest BCUT2D eigenvalue weighted by Gasteiger charge is 2.24. The number of nitrogens with zero attached hydrogens (tertiary/aromatic N) is 3. The van der Waals surface area contributed by atoms with Gasteiger partial charge in [0.2, 0.25) is 0 Å². The zero-order chi connectivity index (χ0) is 24.5. The summed E-state index contributed by atoms with van der Waals surface area (Å²) in [6.07, 6.45) is 10.1. The molecule has 5 rings (SSSR count). The zero-order valence-electron chi connectivity index (χ0n) is 19.9. The van der Waals surface area contributed by atoms with Crippen molar-refractivity contribution in [3.8, 4) is 11.4 Å². The minimum atomic E-state index is 0.0417. The quantitative estimate of drug-likeness (QED) is 0.255. The Morgan fingerprint density at radius 3 is 2.83 bits per heavy atom. The Labute approximate surface area is 213 Å². The van der Waals surface area contributed by atoms with Gasteiger partial charge in [-0.2, -0.15) is 5.10 Å². The first-order valence-electron chi connectivity index (χ1n) is 11.4. The molecule has 4 aromatic heterocycles. The van der Waals surface area contributed by atoms with Crippen molar-refractivity contribution in [2.45, 2.75) is 13.0 Å². The van der Waals surface area contributed by atoms with Crippen LogP contribution in [0.3, 0.4) is 0 Å². The average Bonchev–Trinajstić information content (AvgIpc) is 3.58. The van der Waals surface area contributed by atoms with E-state index in [-0.39, 0.29) is 6.04 Å². The van der Waals surface area contributed by atoms with Crippen LogP contribution >= 0.6 is 22.9 Å². The van der Waals surface area contributed by atoms with Crippen molar-refractivity contribution in [1.82, 2.24) is 30.4 Å². The number of H-pyrrole nitrogens is 2. The monoisotopic (exact) mass is 502 g/mol. The summed E-state index contributed by atoms with van der Waals surface area (Å²) in [5, 5.41) is 11.2. The summed E-state index contributed by atoms with van der Waals surface area (Å²) >= 11 is 7.79. The van der Waals surface area contributed by atoms with E-state index in [9.17, 15) is 0 Å². The van der Waals surface area contributed by atoms with Gasteiger partial charge in [0.1, 0.15) is 11.2 Å². The lowest BCUT2D eigenvalue weighted by molar-refractivity contribution is 0.449. The van der Waals surface area contributed by atoms with Crippen molar-refractivity contribution in [3.05, 3.63) is 93.1 Å². The average molecular weight is 503 g/mol. The number of rotatable bonds is 7. The fraction of sp³-hybridized carbons (Fsp3) is 0.185. The van der Waals surface area contributed by atoms with Gasteiger partial charge < -0.3 is 15.2 Å². The Balaban J connectivity index is 1.54. The molecular formula is C27H27ClN6S. The molecule has 178 valence electrons. The van der Waals surface area contributed by atoms with Gasteiger partial charge in [-0.15, -0.1) is 11.3 Å². The maximum absolute atomic E-state index is 6.20. The third-order valence-electron chi connectivity index (χ3n) is 5.95. The van der Waals surface area contributed by atoms with Gasteiger partial charge >= 0.3 is 0 Å². The number of allylic oxidation sites excluding steroid dienone is 3. The Morgan fingerprint density at radius 2 is 2.11 bits per heavy atom. The first-order valence-corrected chi connectivity index (χ1v) is 12.6. The van der Waals surface area contributed by atoms with E-state index in [1.54, 1.807) is 11.3 Å². The minimum absolute atomic E-state index is 0.0417. The van der Waals surface area contributed by atoms with E-state index >= 15 is 0 Å². The predicted octanol–water partition coefficient (Wildman–Crippen LogP) is 6.41. The van der Waals surface area contributed by atoms with Crippen LogP contribution in [0.4, 0.5) is 0 Å². The first-order chi connectivity index (χ1) is 17.0. The highest BCUT2D eigenvalue weighted by Crippen LogP contribution is 2.37. The number of fused-ring (bicyclic) bond motifs is 2. The minimum Gasteiger partial charge on any atom is -0.379 e. The maximum atomic E-state index is 6.20. The van der Waals surface area contributed by atoms with Gasteiger partial charge in [0.15, 0.2) is 0 Å². The van der Waals surface area contributed by atoms with Gasteiger partial charge in [-0.1, -0.05) is 30.3 Å². The molecule has 35 heavy (non-hydrogen) atoms. The summed E-state index contributed by atoms with van der Waals surface area (Å²) in [5.74, 6) is 0. The van der Waals surface area contributed by atoms with E-state index in [4.69, 9.17) is 16.6 Å². The van der Waals surface area contributed by atoms with E-state index in [1.165, 1.54) is 4.88 Å². The topological polar surface area (TPSA) is 72.6 Å². The molecule has 0 spiro atoms. The molecule has 4 aromatic rings. The molecule has 0 bridgehead atoms. The van der Waals surface area contributed by atoms with Crippen molar-refractivity contribution in [2.24, 2.45) is 0 Å². The van der Waals surface area contributed by atoms with Gasteiger partial charge in [-0.25, -0.2) is 4.98 Å². The van der Waals surface area contributed by atoms with Crippen LogP contribution in [-0.4, -0.2) is 45.7 Å². The van der Waals surface area contributed by atoms with E-state index < -0.39 is 0 Å². The summed E-state index contributed by atoms with van der Waals surface area (Å²) in [6.45, 7) is 6.81. The number of pyridine rings is 1. The number of halogens is 1. The van der Waals surface area contributed by atoms with Crippen LogP contribution in [0.25, 0.3) is 34.1 Å². The Morgan fingerprint density at radius 1 is 1.26 bits per heavy atom. The molecule has 1 aliphatic rings. The van der Waals surface area contributed by atoms with E-state index in [0.29, 0.717) is 0 Å². The van der Waals surface area contributed by atoms with Crippen LogP contribution in [-0.2, 0) is 0 Å². The van der Waals surface area contributed by atoms with Crippen molar-refractivity contribution in [3.63, 3.8) is 0 Å². The molecule has 0 radical (unpaired) electrons. The molecule has 0 fully saturated rings. The van der Waals surface area contributed by atoms with Crippen molar-refractivity contribution < 1.29 is 0 Å². The summed E-state index contributed by atoms with van der Waals surface area (Å²) < 4.78 is 0.780. The molecule has 0 aliphatic carbocycles. The molecule has 0 saturated heterocycles. The second-order valence-corrected chi connectivity index (χ2v) is 10.4. The number of likely N-dealkylation sites (N-methyl/N-ethyl adjacent to an activating group) is 1.